The molecule has 0 saturated heterocycles. The van der Waals surface area contributed by atoms with Gasteiger partial charge in [0.25, 0.3) is 0 Å². The number of para-hydroxylation sites is 1. The third-order valence-corrected chi connectivity index (χ3v) is 3.89. The lowest BCUT2D eigenvalue weighted by Gasteiger charge is -2.29. The predicted molar refractivity (Wildman–Crippen MR) is 78.5 cm³/mol. The van der Waals surface area contributed by atoms with Gasteiger partial charge >= 0.3 is 0 Å². The molecule has 1 aromatic carbocycles. The minimum absolute atomic E-state index is 0.177. The number of benzene rings is 1. The Labute approximate surface area is 120 Å². The van der Waals surface area contributed by atoms with Gasteiger partial charge in [0.1, 0.15) is 11.4 Å². The van der Waals surface area contributed by atoms with Crippen LogP contribution in [0.1, 0.15) is 38.7 Å². The molecule has 0 radical (unpaired) electrons. The minimum atomic E-state index is -0.360. The number of allylic oxidation sites excluding steroid dienone is 1. The lowest BCUT2D eigenvalue weighted by Crippen LogP contribution is -2.43. The molecule has 0 N–H and O–H groups in total. The van der Waals surface area contributed by atoms with E-state index in [1.54, 1.807) is 0 Å². The Hall–Kier alpha value is -1.77. The second-order valence-corrected chi connectivity index (χ2v) is 6.25. The van der Waals surface area contributed by atoms with Gasteiger partial charge in [0.05, 0.1) is 6.54 Å². The topological polar surface area (TPSA) is 29.5 Å². The number of nitrogens with zero attached hydrogens (tertiary/aromatic N) is 1. The number of carbonyl (C=O) groups is 1. The van der Waals surface area contributed by atoms with E-state index in [1.165, 1.54) is 0 Å². The van der Waals surface area contributed by atoms with Crippen LogP contribution in [0.4, 0.5) is 0 Å². The number of ether oxygens (including phenoxy) is 1. The Balaban J connectivity index is 1.90. The number of amides is 1. The van der Waals surface area contributed by atoms with Crippen molar-refractivity contribution in [3.63, 3.8) is 0 Å². The van der Waals surface area contributed by atoms with E-state index in [1.807, 2.05) is 43.0 Å². The third-order valence-electron chi connectivity index (χ3n) is 3.89. The Morgan fingerprint density at radius 3 is 2.85 bits per heavy atom. The summed E-state index contributed by atoms with van der Waals surface area (Å²) in [5.74, 6) is 1.07. The number of fused-ring (bicyclic) bond motifs is 1. The van der Waals surface area contributed by atoms with Gasteiger partial charge in [0, 0.05) is 17.7 Å². The zero-order valence-corrected chi connectivity index (χ0v) is 12.2. The summed E-state index contributed by atoms with van der Waals surface area (Å²) in [6.07, 6.45) is 5.14. The zero-order chi connectivity index (χ0) is 14.2. The van der Waals surface area contributed by atoms with Crippen LogP contribution >= 0.6 is 0 Å². The molecule has 0 bridgehead atoms. The van der Waals surface area contributed by atoms with Crippen LogP contribution in [-0.2, 0) is 11.3 Å². The van der Waals surface area contributed by atoms with Crippen LogP contribution in [0.5, 0.6) is 5.75 Å². The molecule has 1 aromatic rings. The van der Waals surface area contributed by atoms with Crippen LogP contribution in [0.2, 0.25) is 0 Å². The molecule has 3 rings (SSSR count). The molecule has 0 fully saturated rings. The van der Waals surface area contributed by atoms with Crippen molar-refractivity contribution in [2.75, 3.05) is 6.54 Å². The smallest absolute Gasteiger partial charge is 0.249 e. The molecule has 3 nitrogen and oxygen atoms in total. The van der Waals surface area contributed by atoms with E-state index in [0.717, 1.165) is 36.1 Å². The molecule has 1 aliphatic heterocycles. The van der Waals surface area contributed by atoms with Gasteiger partial charge in [-0.1, -0.05) is 24.3 Å². The highest BCUT2D eigenvalue weighted by atomic mass is 16.5. The summed E-state index contributed by atoms with van der Waals surface area (Å²) in [7, 11) is 0. The van der Waals surface area contributed by atoms with E-state index in [-0.39, 0.29) is 11.5 Å². The van der Waals surface area contributed by atoms with Crippen molar-refractivity contribution < 1.29 is 9.53 Å². The van der Waals surface area contributed by atoms with Gasteiger partial charge in [-0.25, -0.2) is 0 Å². The molecular formula is C17H21NO2. The van der Waals surface area contributed by atoms with E-state index in [4.69, 9.17) is 4.74 Å². The maximum absolute atomic E-state index is 12.7. The molecule has 106 valence electrons. The molecule has 0 spiro atoms. The van der Waals surface area contributed by atoms with Gasteiger partial charge in [-0.2, -0.15) is 0 Å². The van der Waals surface area contributed by atoms with Crippen molar-refractivity contribution >= 4 is 5.91 Å². The first kappa shape index (κ1) is 13.2. The Bertz CT molecular complexity index is 560. The van der Waals surface area contributed by atoms with E-state index in [9.17, 15) is 4.79 Å². The quantitative estimate of drug-likeness (QED) is 0.784. The first-order chi connectivity index (χ1) is 9.55. The van der Waals surface area contributed by atoms with Crippen LogP contribution in [0.25, 0.3) is 0 Å². The summed E-state index contributed by atoms with van der Waals surface area (Å²) in [5.41, 5.74) is 1.70. The predicted octanol–water partition coefficient (Wildman–Crippen LogP) is 3.30. The SMILES string of the molecule is CC1(C)CN(C(=O)C2=CCCC2)Cc2ccccc2O1. The van der Waals surface area contributed by atoms with Gasteiger partial charge in [0.2, 0.25) is 5.91 Å². The largest absolute Gasteiger partial charge is 0.486 e. The van der Waals surface area contributed by atoms with E-state index >= 15 is 0 Å². The molecule has 0 saturated carbocycles. The summed E-state index contributed by atoms with van der Waals surface area (Å²) in [6.45, 7) is 5.34. The fourth-order valence-electron chi connectivity index (χ4n) is 3.00. The summed E-state index contributed by atoms with van der Waals surface area (Å²) in [5, 5.41) is 0. The Morgan fingerprint density at radius 1 is 1.30 bits per heavy atom. The van der Waals surface area contributed by atoms with Crippen LogP contribution in [-0.4, -0.2) is 23.0 Å². The highest BCUT2D eigenvalue weighted by molar-refractivity contribution is 5.93. The van der Waals surface area contributed by atoms with Gasteiger partial charge in [-0.05, 0) is 39.2 Å². The van der Waals surface area contributed by atoms with E-state index in [2.05, 4.69) is 6.08 Å². The third kappa shape index (κ3) is 2.58. The average Bonchev–Trinajstić information content (AvgIpc) is 2.88. The number of hydrogen-bond acceptors (Lipinski definition) is 2. The fourth-order valence-corrected chi connectivity index (χ4v) is 3.00. The van der Waals surface area contributed by atoms with Crippen molar-refractivity contribution in [2.24, 2.45) is 0 Å². The normalized spacial score (nSPS) is 20.7. The first-order valence-corrected chi connectivity index (χ1v) is 7.30. The molecule has 0 atom stereocenters. The molecule has 1 amide bonds. The monoisotopic (exact) mass is 271 g/mol. The molecule has 3 heteroatoms. The van der Waals surface area contributed by atoms with Crippen molar-refractivity contribution in [1.82, 2.24) is 4.90 Å². The van der Waals surface area contributed by atoms with Gasteiger partial charge in [0.15, 0.2) is 0 Å². The highest BCUT2D eigenvalue weighted by Gasteiger charge is 2.32. The Morgan fingerprint density at radius 2 is 2.10 bits per heavy atom. The second kappa shape index (κ2) is 4.97. The summed E-state index contributed by atoms with van der Waals surface area (Å²) < 4.78 is 6.07. The second-order valence-electron chi connectivity index (χ2n) is 6.25. The highest BCUT2D eigenvalue weighted by Crippen LogP contribution is 2.30. The molecule has 1 heterocycles. The molecule has 2 aliphatic rings. The van der Waals surface area contributed by atoms with Crippen molar-refractivity contribution in [2.45, 2.75) is 45.3 Å². The van der Waals surface area contributed by atoms with Gasteiger partial charge in [-0.15, -0.1) is 0 Å². The summed E-state index contributed by atoms with van der Waals surface area (Å²) in [4.78, 5) is 14.6. The number of carbonyl (C=O) groups excluding carboxylic acids is 1. The molecular weight excluding hydrogens is 250 g/mol. The van der Waals surface area contributed by atoms with Crippen molar-refractivity contribution in [3.05, 3.63) is 41.5 Å². The lowest BCUT2D eigenvalue weighted by molar-refractivity contribution is -0.129. The maximum Gasteiger partial charge on any atom is 0.249 e. The van der Waals surface area contributed by atoms with Crippen molar-refractivity contribution in [1.29, 1.82) is 0 Å². The van der Waals surface area contributed by atoms with Crippen LogP contribution in [0, 0.1) is 0 Å². The van der Waals surface area contributed by atoms with Crippen LogP contribution in [0.15, 0.2) is 35.9 Å². The fraction of sp³-hybridized carbons (Fsp3) is 0.471. The average molecular weight is 271 g/mol. The number of rotatable bonds is 1. The van der Waals surface area contributed by atoms with Crippen LogP contribution in [0.3, 0.4) is 0 Å². The summed E-state index contributed by atoms with van der Waals surface area (Å²) in [6, 6.07) is 8.00. The molecule has 0 unspecified atom stereocenters. The van der Waals surface area contributed by atoms with E-state index < -0.39 is 0 Å². The van der Waals surface area contributed by atoms with Gasteiger partial charge < -0.3 is 9.64 Å². The molecule has 20 heavy (non-hydrogen) atoms. The van der Waals surface area contributed by atoms with E-state index in [0.29, 0.717) is 13.1 Å². The minimum Gasteiger partial charge on any atom is -0.486 e. The summed E-state index contributed by atoms with van der Waals surface area (Å²) >= 11 is 0. The van der Waals surface area contributed by atoms with Crippen molar-refractivity contribution in [3.8, 4) is 5.75 Å². The van der Waals surface area contributed by atoms with Gasteiger partial charge in [-0.3, -0.25) is 4.79 Å². The zero-order valence-electron chi connectivity index (χ0n) is 12.2. The lowest BCUT2D eigenvalue weighted by atomic mass is 10.1. The molecule has 1 aliphatic carbocycles. The van der Waals surface area contributed by atoms with Crippen LogP contribution < -0.4 is 4.74 Å². The Kier molecular flexibility index (Phi) is 3.28. The maximum atomic E-state index is 12.7. The first-order valence-electron chi connectivity index (χ1n) is 7.30. The molecule has 0 aromatic heterocycles. The number of hydrogen-bond donors (Lipinski definition) is 0. The standard InChI is InChI=1S/C17H21NO2/c1-17(2)12-18(16(19)13-7-3-4-8-13)11-14-9-5-6-10-15(14)20-17/h5-7,9-10H,3-4,8,11-12H2,1-2H3.